The van der Waals surface area contributed by atoms with E-state index >= 15 is 0 Å². The second kappa shape index (κ2) is 6.69. The number of rotatable bonds is 1. The number of oxazole rings is 1. The zero-order valence-electron chi connectivity index (χ0n) is 12.6. The number of aromatic nitrogens is 1. The monoisotopic (exact) mass is 316 g/mol. The van der Waals surface area contributed by atoms with Gasteiger partial charge in [0.2, 0.25) is 0 Å². The van der Waals surface area contributed by atoms with Crippen molar-refractivity contribution in [3.8, 4) is 17.2 Å². The number of fused-ring (bicyclic) bond motifs is 1. The largest absolute Gasteiger partial charge is 0.508 e. The standard InChI is InChI=1S/C8H9NO3.C8H7NO2/c1-5(9-12)7-4-6(10)2-3-8(7)11;1-5-9-7-4-6(10)2-3-8(7)11-5/h2-4,10-12H,1H3;2-4,10H,1H3/b9-5+;. The molecule has 7 heteroatoms. The highest BCUT2D eigenvalue weighted by atomic mass is 16.4. The zero-order valence-corrected chi connectivity index (χ0v) is 12.6. The second-order valence-electron chi connectivity index (χ2n) is 4.77. The topological polar surface area (TPSA) is 119 Å². The molecule has 23 heavy (non-hydrogen) atoms. The fourth-order valence-electron chi connectivity index (χ4n) is 1.90. The van der Waals surface area contributed by atoms with Crippen LogP contribution in [0.4, 0.5) is 0 Å². The third-order valence-corrected chi connectivity index (χ3v) is 3.00. The summed E-state index contributed by atoms with van der Waals surface area (Å²) in [7, 11) is 0. The Morgan fingerprint density at radius 2 is 1.70 bits per heavy atom. The molecule has 7 nitrogen and oxygen atoms in total. The highest BCUT2D eigenvalue weighted by Crippen LogP contribution is 2.22. The maximum atomic E-state index is 9.23. The third-order valence-electron chi connectivity index (χ3n) is 3.00. The summed E-state index contributed by atoms with van der Waals surface area (Å²) in [6, 6.07) is 8.86. The molecule has 4 N–H and O–H groups in total. The van der Waals surface area contributed by atoms with Gasteiger partial charge in [-0.1, -0.05) is 5.16 Å². The Bertz CT molecular complexity index is 855. The lowest BCUT2D eigenvalue weighted by Crippen LogP contribution is -1.94. The minimum absolute atomic E-state index is 0.0193. The van der Waals surface area contributed by atoms with Gasteiger partial charge in [0.05, 0.1) is 5.71 Å². The molecule has 0 saturated carbocycles. The van der Waals surface area contributed by atoms with Crippen LogP contribution in [0.25, 0.3) is 11.1 Å². The molecular formula is C16H16N2O5. The lowest BCUT2D eigenvalue weighted by Gasteiger charge is -2.02. The smallest absolute Gasteiger partial charge is 0.192 e. The molecule has 0 aliphatic carbocycles. The summed E-state index contributed by atoms with van der Waals surface area (Å²) in [4.78, 5) is 4.05. The van der Waals surface area contributed by atoms with Gasteiger partial charge in [0.15, 0.2) is 11.5 Å². The minimum Gasteiger partial charge on any atom is -0.508 e. The van der Waals surface area contributed by atoms with Gasteiger partial charge in [0, 0.05) is 18.6 Å². The molecule has 0 radical (unpaired) electrons. The Hall–Kier alpha value is -3.22. The van der Waals surface area contributed by atoms with Gasteiger partial charge in [0.25, 0.3) is 0 Å². The Balaban J connectivity index is 0.000000167. The number of nitrogens with zero attached hydrogens (tertiary/aromatic N) is 2. The van der Waals surface area contributed by atoms with Gasteiger partial charge in [-0.15, -0.1) is 0 Å². The second-order valence-corrected chi connectivity index (χ2v) is 4.77. The van der Waals surface area contributed by atoms with Gasteiger partial charge >= 0.3 is 0 Å². The number of aryl methyl sites for hydroxylation is 1. The van der Waals surface area contributed by atoms with E-state index in [1.165, 1.54) is 25.1 Å². The Morgan fingerprint density at radius 3 is 2.39 bits per heavy atom. The molecule has 0 aliphatic heterocycles. The van der Waals surface area contributed by atoms with Crippen molar-refractivity contribution in [2.75, 3.05) is 0 Å². The van der Waals surface area contributed by atoms with Crippen molar-refractivity contribution in [1.29, 1.82) is 0 Å². The summed E-state index contributed by atoms with van der Waals surface area (Å²) < 4.78 is 5.20. The summed E-state index contributed by atoms with van der Waals surface area (Å²) >= 11 is 0. The summed E-state index contributed by atoms with van der Waals surface area (Å²) in [5.41, 5.74) is 1.98. The van der Waals surface area contributed by atoms with E-state index in [0.29, 0.717) is 22.6 Å². The Morgan fingerprint density at radius 1 is 1.04 bits per heavy atom. The van der Waals surface area contributed by atoms with Crippen LogP contribution in [0.5, 0.6) is 17.2 Å². The van der Waals surface area contributed by atoms with Crippen LogP contribution in [0.1, 0.15) is 18.4 Å². The van der Waals surface area contributed by atoms with Gasteiger partial charge in [-0.2, -0.15) is 0 Å². The molecule has 0 saturated heterocycles. The molecule has 120 valence electrons. The highest BCUT2D eigenvalue weighted by molar-refractivity contribution is 6.00. The molecule has 0 atom stereocenters. The number of oxime groups is 1. The van der Waals surface area contributed by atoms with Crippen molar-refractivity contribution in [3.63, 3.8) is 0 Å². The van der Waals surface area contributed by atoms with E-state index in [0.717, 1.165) is 0 Å². The first-order chi connectivity index (χ1) is 10.9. The van der Waals surface area contributed by atoms with Gasteiger partial charge < -0.3 is 24.9 Å². The van der Waals surface area contributed by atoms with Crippen LogP contribution in [0, 0.1) is 6.92 Å². The van der Waals surface area contributed by atoms with E-state index < -0.39 is 0 Å². The number of aromatic hydroxyl groups is 3. The van der Waals surface area contributed by atoms with Crippen LogP contribution in [-0.4, -0.2) is 31.2 Å². The molecule has 1 aromatic heterocycles. The maximum absolute atomic E-state index is 9.23. The van der Waals surface area contributed by atoms with Crippen molar-refractivity contribution < 1.29 is 24.9 Å². The molecule has 1 heterocycles. The third kappa shape index (κ3) is 3.91. The van der Waals surface area contributed by atoms with E-state index in [4.69, 9.17) is 19.8 Å². The zero-order chi connectivity index (χ0) is 17.0. The van der Waals surface area contributed by atoms with Crippen molar-refractivity contribution in [2.45, 2.75) is 13.8 Å². The molecule has 3 aromatic rings. The molecule has 0 unspecified atom stereocenters. The fourth-order valence-corrected chi connectivity index (χ4v) is 1.90. The lowest BCUT2D eigenvalue weighted by molar-refractivity contribution is 0.318. The average Bonchev–Trinajstić information content (AvgIpc) is 2.88. The molecule has 2 aromatic carbocycles. The van der Waals surface area contributed by atoms with Crippen LogP contribution < -0.4 is 0 Å². The SMILES string of the molecule is C/C(=N\O)c1cc(O)ccc1O.Cc1nc2cc(O)ccc2o1. The maximum Gasteiger partial charge on any atom is 0.192 e. The lowest BCUT2D eigenvalue weighted by atomic mass is 10.1. The molecule has 0 fully saturated rings. The number of hydrogen-bond acceptors (Lipinski definition) is 7. The normalized spacial score (nSPS) is 11.1. The predicted molar refractivity (Wildman–Crippen MR) is 84.2 cm³/mol. The first kappa shape index (κ1) is 16.2. The van der Waals surface area contributed by atoms with Crippen LogP contribution in [0.15, 0.2) is 46.0 Å². The minimum atomic E-state index is -0.0249. The number of phenols is 3. The van der Waals surface area contributed by atoms with E-state index in [-0.39, 0.29) is 23.0 Å². The summed E-state index contributed by atoms with van der Waals surface area (Å²) in [5.74, 6) is 0.824. The number of hydrogen-bond donors (Lipinski definition) is 4. The van der Waals surface area contributed by atoms with E-state index in [1.54, 1.807) is 25.1 Å². The van der Waals surface area contributed by atoms with Crippen molar-refractivity contribution in [3.05, 3.63) is 47.9 Å². The van der Waals surface area contributed by atoms with E-state index in [9.17, 15) is 5.11 Å². The van der Waals surface area contributed by atoms with Crippen LogP contribution in [0.2, 0.25) is 0 Å². The Labute approximate surface area is 131 Å². The summed E-state index contributed by atoms with van der Waals surface area (Å²) in [6.45, 7) is 3.30. The molecular weight excluding hydrogens is 300 g/mol. The molecule has 0 aliphatic rings. The molecule has 0 spiro atoms. The molecule has 3 rings (SSSR count). The molecule has 0 amide bonds. The first-order valence-electron chi connectivity index (χ1n) is 6.68. The highest BCUT2D eigenvalue weighted by Gasteiger charge is 2.05. The quantitative estimate of drug-likeness (QED) is 0.237. The van der Waals surface area contributed by atoms with Crippen LogP contribution >= 0.6 is 0 Å². The van der Waals surface area contributed by atoms with Crippen molar-refractivity contribution in [1.82, 2.24) is 4.98 Å². The van der Waals surface area contributed by atoms with Gasteiger partial charge in [-0.05, 0) is 37.3 Å². The molecule has 0 bridgehead atoms. The number of benzene rings is 2. The van der Waals surface area contributed by atoms with Gasteiger partial charge in [-0.3, -0.25) is 0 Å². The predicted octanol–water partition coefficient (Wildman–Crippen LogP) is 3.14. The number of phenolic OH excluding ortho intramolecular Hbond substituents is 3. The van der Waals surface area contributed by atoms with Gasteiger partial charge in [-0.25, -0.2) is 4.98 Å². The average molecular weight is 316 g/mol. The summed E-state index contributed by atoms with van der Waals surface area (Å²) in [5, 5.41) is 38.6. The summed E-state index contributed by atoms with van der Waals surface area (Å²) in [6.07, 6.45) is 0. The Kier molecular flexibility index (Phi) is 4.70. The van der Waals surface area contributed by atoms with Crippen LogP contribution in [0.3, 0.4) is 0 Å². The van der Waals surface area contributed by atoms with E-state index in [1.807, 2.05) is 0 Å². The van der Waals surface area contributed by atoms with Crippen molar-refractivity contribution in [2.24, 2.45) is 5.16 Å². The first-order valence-corrected chi connectivity index (χ1v) is 6.68. The fraction of sp³-hybridized carbons (Fsp3) is 0.125. The van der Waals surface area contributed by atoms with Crippen LogP contribution in [-0.2, 0) is 0 Å². The van der Waals surface area contributed by atoms with E-state index in [2.05, 4.69) is 10.1 Å². The van der Waals surface area contributed by atoms with Crippen molar-refractivity contribution >= 4 is 16.8 Å². The van der Waals surface area contributed by atoms with Gasteiger partial charge in [0.1, 0.15) is 22.8 Å².